The molecule has 0 aliphatic carbocycles. The second kappa shape index (κ2) is 5.82. The SMILES string of the molecule is CCOC(=O)CN(C)Cc1nc(C)cs1. The number of aryl methyl sites for hydroxylation is 1. The first-order valence-electron chi connectivity index (χ1n) is 4.87. The fourth-order valence-corrected chi connectivity index (χ4v) is 2.04. The lowest BCUT2D eigenvalue weighted by Gasteiger charge is -2.13. The summed E-state index contributed by atoms with van der Waals surface area (Å²) in [5, 5.41) is 3.03. The quantitative estimate of drug-likeness (QED) is 0.715. The van der Waals surface area contributed by atoms with Crippen molar-refractivity contribution in [3.63, 3.8) is 0 Å². The number of aromatic nitrogens is 1. The van der Waals surface area contributed by atoms with Crippen molar-refractivity contribution < 1.29 is 9.53 Å². The predicted octanol–water partition coefficient (Wildman–Crippen LogP) is 1.45. The predicted molar refractivity (Wildman–Crippen MR) is 59.8 cm³/mol. The van der Waals surface area contributed by atoms with Crippen LogP contribution >= 0.6 is 11.3 Å². The van der Waals surface area contributed by atoms with Crippen LogP contribution in [0.5, 0.6) is 0 Å². The molecule has 0 amide bonds. The maximum atomic E-state index is 11.2. The van der Waals surface area contributed by atoms with Crippen molar-refractivity contribution in [2.75, 3.05) is 20.2 Å². The van der Waals surface area contributed by atoms with E-state index < -0.39 is 0 Å². The van der Waals surface area contributed by atoms with Crippen molar-refractivity contribution in [1.82, 2.24) is 9.88 Å². The van der Waals surface area contributed by atoms with E-state index in [0.29, 0.717) is 19.7 Å². The molecule has 0 spiro atoms. The van der Waals surface area contributed by atoms with Gasteiger partial charge in [-0.2, -0.15) is 0 Å². The summed E-state index contributed by atoms with van der Waals surface area (Å²) in [6, 6.07) is 0. The number of thiazole rings is 1. The summed E-state index contributed by atoms with van der Waals surface area (Å²) in [5.74, 6) is -0.187. The van der Waals surface area contributed by atoms with E-state index in [9.17, 15) is 4.79 Å². The van der Waals surface area contributed by atoms with Gasteiger partial charge in [0.1, 0.15) is 5.01 Å². The van der Waals surface area contributed by atoms with E-state index in [1.54, 1.807) is 11.3 Å². The van der Waals surface area contributed by atoms with Crippen LogP contribution in [0.3, 0.4) is 0 Å². The average molecular weight is 228 g/mol. The molecule has 1 heterocycles. The minimum absolute atomic E-state index is 0.187. The Labute approximate surface area is 93.9 Å². The fraction of sp³-hybridized carbons (Fsp3) is 0.600. The van der Waals surface area contributed by atoms with E-state index in [2.05, 4.69) is 4.98 Å². The average Bonchev–Trinajstić information content (AvgIpc) is 2.51. The lowest BCUT2D eigenvalue weighted by atomic mass is 10.5. The minimum atomic E-state index is -0.187. The van der Waals surface area contributed by atoms with Crippen molar-refractivity contribution in [3.05, 3.63) is 16.1 Å². The van der Waals surface area contributed by atoms with Crippen molar-refractivity contribution in [2.24, 2.45) is 0 Å². The van der Waals surface area contributed by atoms with Crippen molar-refractivity contribution >= 4 is 17.3 Å². The summed E-state index contributed by atoms with van der Waals surface area (Å²) in [5.41, 5.74) is 1.03. The van der Waals surface area contributed by atoms with Gasteiger partial charge in [0.2, 0.25) is 0 Å². The highest BCUT2D eigenvalue weighted by Gasteiger charge is 2.09. The molecule has 0 aliphatic rings. The highest BCUT2D eigenvalue weighted by atomic mass is 32.1. The van der Waals surface area contributed by atoms with Gasteiger partial charge in [-0.15, -0.1) is 11.3 Å². The largest absolute Gasteiger partial charge is 0.465 e. The summed E-state index contributed by atoms with van der Waals surface area (Å²) >= 11 is 1.61. The fourth-order valence-electron chi connectivity index (χ4n) is 1.19. The number of esters is 1. The van der Waals surface area contributed by atoms with Crippen LogP contribution in [0.1, 0.15) is 17.6 Å². The van der Waals surface area contributed by atoms with Crippen molar-refractivity contribution in [3.8, 4) is 0 Å². The van der Waals surface area contributed by atoms with Gasteiger partial charge in [0, 0.05) is 11.1 Å². The monoisotopic (exact) mass is 228 g/mol. The molecule has 0 radical (unpaired) electrons. The summed E-state index contributed by atoms with van der Waals surface area (Å²) in [4.78, 5) is 17.4. The molecule has 15 heavy (non-hydrogen) atoms. The molecule has 1 aromatic rings. The highest BCUT2D eigenvalue weighted by Crippen LogP contribution is 2.10. The smallest absolute Gasteiger partial charge is 0.320 e. The Morgan fingerprint density at radius 1 is 1.67 bits per heavy atom. The van der Waals surface area contributed by atoms with Crippen LogP contribution in [-0.4, -0.2) is 36.1 Å². The molecule has 1 aromatic heterocycles. The van der Waals surface area contributed by atoms with Crippen LogP contribution in [0.15, 0.2) is 5.38 Å². The Morgan fingerprint density at radius 3 is 2.93 bits per heavy atom. The van der Waals surface area contributed by atoms with Crippen molar-refractivity contribution in [1.29, 1.82) is 0 Å². The third kappa shape index (κ3) is 4.40. The topological polar surface area (TPSA) is 42.4 Å². The van der Waals surface area contributed by atoms with E-state index in [1.165, 1.54) is 0 Å². The summed E-state index contributed by atoms with van der Waals surface area (Å²) in [7, 11) is 1.88. The van der Waals surface area contributed by atoms with Gasteiger partial charge >= 0.3 is 5.97 Å². The molecule has 0 atom stereocenters. The molecular formula is C10H16N2O2S. The van der Waals surface area contributed by atoms with Gasteiger partial charge in [-0.3, -0.25) is 9.69 Å². The van der Waals surface area contributed by atoms with Gasteiger partial charge in [-0.25, -0.2) is 4.98 Å². The number of ether oxygens (including phenoxy) is 1. The first-order chi connectivity index (χ1) is 7.11. The molecule has 0 bridgehead atoms. The first-order valence-corrected chi connectivity index (χ1v) is 5.75. The van der Waals surface area contributed by atoms with Gasteiger partial charge in [-0.1, -0.05) is 0 Å². The molecule has 0 saturated carbocycles. The van der Waals surface area contributed by atoms with Gasteiger partial charge < -0.3 is 4.74 Å². The van der Waals surface area contributed by atoms with E-state index in [1.807, 2.05) is 31.2 Å². The molecule has 0 unspecified atom stereocenters. The lowest BCUT2D eigenvalue weighted by molar-refractivity contribution is -0.144. The minimum Gasteiger partial charge on any atom is -0.465 e. The lowest BCUT2D eigenvalue weighted by Crippen LogP contribution is -2.26. The Balaban J connectivity index is 2.35. The molecule has 84 valence electrons. The normalized spacial score (nSPS) is 10.7. The zero-order valence-electron chi connectivity index (χ0n) is 9.32. The Kier molecular flexibility index (Phi) is 4.71. The second-order valence-corrected chi connectivity index (χ2v) is 4.30. The molecular weight excluding hydrogens is 212 g/mol. The van der Waals surface area contributed by atoms with Crippen LogP contribution < -0.4 is 0 Å². The number of carbonyl (C=O) groups is 1. The van der Waals surface area contributed by atoms with Gasteiger partial charge in [0.25, 0.3) is 0 Å². The molecule has 0 fully saturated rings. The molecule has 0 aromatic carbocycles. The van der Waals surface area contributed by atoms with Crippen LogP contribution in [0.4, 0.5) is 0 Å². The van der Waals surface area contributed by atoms with Crippen LogP contribution in [0.25, 0.3) is 0 Å². The molecule has 4 nitrogen and oxygen atoms in total. The Hall–Kier alpha value is -0.940. The molecule has 0 aliphatic heterocycles. The van der Waals surface area contributed by atoms with E-state index in [-0.39, 0.29) is 5.97 Å². The Bertz CT molecular complexity index is 325. The maximum absolute atomic E-state index is 11.2. The van der Waals surface area contributed by atoms with E-state index in [4.69, 9.17) is 4.74 Å². The standard InChI is InChI=1S/C10H16N2O2S/c1-4-14-10(13)6-12(3)5-9-11-8(2)7-15-9/h7H,4-6H2,1-3H3. The summed E-state index contributed by atoms with van der Waals surface area (Å²) in [6.07, 6.45) is 0. The molecule has 0 N–H and O–H groups in total. The van der Waals surface area contributed by atoms with Crippen LogP contribution in [-0.2, 0) is 16.1 Å². The first kappa shape index (κ1) is 12.1. The van der Waals surface area contributed by atoms with Gasteiger partial charge in [-0.05, 0) is 20.9 Å². The Morgan fingerprint density at radius 2 is 2.40 bits per heavy atom. The third-order valence-corrected chi connectivity index (χ3v) is 2.73. The van der Waals surface area contributed by atoms with Crippen LogP contribution in [0.2, 0.25) is 0 Å². The van der Waals surface area contributed by atoms with E-state index >= 15 is 0 Å². The van der Waals surface area contributed by atoms with Crippen molar-refractivity contribution in [2.45, 2.75) is 20.4 Å². The number of carbonyl (C=O) groups excluding carboxylic acids is 1. The number of hydrogen-bond acceptors (Lipinski definition) is 5. The van der Waals surface area contributed by atoms with E-state index in [0.717, 1.165) is 10.7 Å². The zero-order valence-corrected chi connectivity index (χ0v) is 10.1. The van der Waals surface area contributed by atoms with Crippen LogP contribution in [0, 0.1) is 6.92 Å². The second-order valence-electron chi connectivity index (χ2n) is 3.36. The highest BCUT2D eigenvalue weighted by molar-refractivity contribution is 7.09. The number of rotatable bonds is 5. The molecule has 0 saturated heterocycles. The summed E-state index contributed by atoms with van der Waals surface area (Å²) in [6.45, 7) is 5.21. The number of hydrogen-bond donors (Lipinski definition) is 0. The summed E-state index contributed by atoms with van der Waals surface area (Å²) < 4.78 is 4.86. The number of nitrogens with zero attached hydrogens (tertiary/aromatic N) is 2. The molecule has 5 heteroatoms. The molecule has 1 rings (SSSR count). The third-order valence-electron chi connectivity index (χ3n) is 1.78. The zero-order chi connectivity index (χ0) is 11.3. The van der Waals surface area contributed by atoms with Gasteiger partial charge in [0.15, 0.2) is 0 Å². The van der Waals surface area contributed by atoms with Gasteiger partial charge in [0.05, 0.1) is 19.7 Å². The number of likely N-dealkylation sites (N-methyl/N-ethyl adjacent to an activating group) is 1. The maximum Gasteiger partial charge on any atom is 0.320 e.